The van der Waals surface area contributed by atoms with Gasteiger partial charge in [0.15, 0.2) is 0 Å². The van der Waals surface area contributed by atoms with Gasteiger partial charge < -0.3 is 10.1 Å². The fourth-order valence-electron chi connectivity index (χ4n) is 1.76. The van der Waals surface area contributed by atoms with E-state index in [0.717, 1.165) is 22.7 Å². The monoisotopic (exact) mass is 305 g/mol. The highest BCUT2D eigenvalue weighted by Gasteiger charge is 2.07. The lowest BCUT2D eigenvalue weighted by molar-refractivity contribution is -0.116. The van der Waals surface area contributed by atoms with Crippen LogP contribution in [0.2, 0.25) is 0 Å². The fraction of sp³-hybridized carbons (Fsp3) is 0.400. The molecule has 0 aliphatic rings. The van der Waals surface area contributed by atoms with Crippen molar-refractivity contribution in [3.63, 3.8) is 0 Å². The van der Waals surface area contributed by atoms with Gasteiger partial charge in [-0.1, -0.05) is 30.4 Å². The molecule has 0 spiro atoms. The van der Waals surface area contributed by atoms with Crippen LogP contribution in [0.3, 0.4) is 0 Å². The molecule has 2 rings (SSSR count). The van der Waals surface area contributed by atoms with E-state index in [4.69, 9.17) is 4.74 Å². The Morgan fingerprint density at radius 1 is 1.38 bits per heavy atom. The molecule has 0 bridgehead atoms. The number of carbonyl (C=O) groups excluding carboxylic acids is 1. The zero-order chi connectivity index (χ0) is 15.1. The summed E-state index contributed by atoms with van der Waals surface area (Å²) in [7, 11) is 0. The van der Waals surface area contributed by atoms with Gasteiger partial charge in [0.05, 0.1) is 6.61 Å². The van der Waals surface area contributed by atoms with Crippen LogP contribution in [0.25, 0.3) is 0 Å². The predicted molar refractivity (Wildman–Crippen MR) is 83.8 cm³/mol. The minimum Gasteiger partial charge on any atom is -0.494 e. The molecule has 6 heteroatoms. The van der Waals surface area contributed by atoms with Gasteiger partial charge in [0.25, 0.3) is 0 Å². The largest absolute Gasteiger partial charge is 0.494 e. The number of carbonyl (C=O) groups is 1. The summed E-state index contributed by atoms with van der Waals surface area (Å²) in [6.07, 6.45) is 1.91. The van der Waals surface area contributed by atoms with Crippen molar-refractivity contribution in [3.8, 4) is 5.75 Å². The smallest absolute Gasteiger partial charge is 0.226 e. The van der Waals surface area contributed by atoms with Gasteiger partial charge in [0.1, 0.15) is 10.8 Å². The van der Waals surface area contributed by atoms with Gasteiger partial charge in [0.2, 0.25) is 11.0 Å². The molecule has 1 heterocycles. The third-order valence-electron chi connectivity index (χ3n) is 2.82. The standard InChI is InChI=1S/C15H19N3O2S/c1-3-14-17-18-15(21-14)16-13(19)8-5-9-20-12-7-4-6-11(2)10-12/h4,6-7,10H,3,5,8-9H2,1-2H3,(H,16,18,19). The normalized spacial score (nSPS) is 10.4. The third-order valence-corrected chi connectivity index (χ3v) is 3.81. The molecule has 0 unspecified atom stereocenters. The summed E-state index contributed by atoms with van der Waals surface area (Å²) in [5, 5.41) is 12.1. The molecular formula is C15H19N3O2S. The first-order valence-electron chi connectivity index (χ1n) is 6.99. The Hall–Kier alpha value is -1.95. The van der Waals surface area contributed by atoms with Crippen molar-refractivity contribution < 1.29 is 9.53 Å². The summed E-state index contributed by atoms with van der Waals surface area (Å²) in [6.45, 7) is 4.55. The second-order valence-electron chi connectivity index (χ2n) is 4.67. The van der Waals surface area contributed by atoms with Crippen LogP contribution < -0.4 is 10.1 Å². The second-order valence-corrected chi connectivity index (χ2v) is 5.73. The number of rotatable bonds is 7. The molecule has 21 heavy (non-hydrogen) atoms. The Morgan fingerprint density at radius 3 is 2.95 bits per heavy atom. The molecule has 0 fully saturated rings. The minimum atomic E-state index is -0.0540. The number of aryl methyl sites for hydroxylation is 2. The lowest BCUT2D eigenvalue weighted by atomic mass is 10.2. The van der Waals surface area contributed by atoms with Crippen LogP contribution >= 0.6 is 11.3 Å². The van der Waals surface area contributed by atoms with Crippen LogP contribution in [0.1, 0.15) is 30.3 Å². The summed E-state index contributed by atoms with van der Waals surface area (Å²) < 4.78 is 5.60. The molecule has 0 radical (unpaired) electrons. The summed E-state index contributed by atoms with van der Waals surface area (Å²) in [5.41, 5.74) is 1.16. The molecule has 1 aromatic carbocycles. The highest BCUT2D eigenvalue weighted by atomic mass is 32.1. The highest BCUT2D eigenvalue weighted by Crippen LogP contribution is 2.16. The van der Waals surface area contributed by atoms with Gasteiger partial charge in [-0.05, 0) is 37.5 Å². The number of hydrogen-bond acceptors (Lipinski definition) is 5. The zero-order valence-corrected chi connectivity index (χ0v) is 13.1. The van der Waals surface area contributed by atoms with E-state index in [1.54, 1.807) is 0 Å². The zero-order valence-electron chi connectivity index (χ0n) is 12.3. The SMILES string of the molecule is CCc1nnc(NC(=O)CCCOc2cccc(C)c2)s1. The molecule has 1 aromatic heterocycles. The van der Waals surface area contributed by atoms with Crippen LogP contribution in [0, 0.1) is 6.92 Å². The van der Waals surface area contributed by atoms with Gasteiger partial charge in [-0.15, -0.1) is 10.2 Å². The molecule has 0 aliphatic carbocycles. The van der Waals surface area contributed by atoms with E-state index in [2.05, 4.69) is 15.5 Å². The fourth-order valence-corrected chi connectivity index (χ4v) is 2.45. The minimum absolute atomic E-state index is 0.0540. The van der Waals surface area contributed by atoms with Crippen molar-refractivity contribution in [3.05, 3.63) is 34.8 Å². The van der Waals surface area contributed by atoms with Gasteiger partial charge >= 0.3 is 0 Å². The molecule has 112 valence electrons. The maximum absolute atomic E-state index is 11.7. The number of aromatic nitrogens is 2. The van der Waals surface area contributed by atoms with Crippen LogP contribution in [0.4, 0.5) is 5.13 Å². The van der Waals surface area contributed by atoms with E-state index in [-0.39, 0.29) is 5.91 Å². The van der Waals surface area contributed by atoms with Crippen LogP contribution in [0.5, 0.6) is 5.75 Å². The first-order chi connectivity index (χ1) is 10.2. The highest BCUT2D eigenvalue weighted by molar-refractivity contribution is 7.15. The molecule has 0 atom stereocenters. The van der Waals surface area contributed by atoms with E-state index >= 15 is 0 Å². The van der Waals surface area contributed by atoms with Crippen molar-refractivity contribution >= 4 is 22.4 Å². The first-order valence-corrected chi connectivity index (χ1v) is 7.80. The lowest BCUT2D eigenvalue weighted by Gasteiger charge is -2.06. The number of anilines is 1. The van der Waals surface area contributed by atoms with Gasteiger partial charge in [0, 0.05) is 6.42 Å². The molecule has 1 amide bonds. The lowest BCUT2D eigenvalue weighted by Crippen LogP contribution is -2.12. The molecule has 0 saturated carbocycles. The Bertz CT molecular complexity index is 598. The maximum Gasteiger partial charge on any atom is 0.226 e. The molecule has 1 N–H and O–H groups in total. The van der Waals surface area contributed by atoms with E-state index < -0.39 is 0 Å². The topological polar surface area (TPSA) is 64.1 Å². The molecule has 2 aromatic rings. The molecular weight excluding hydrogens is 286 g/mol. The predicted octanol–water partition coefficient (Wildman–Crippen LogP) is 3.21. The van der Waals surface area contributed by atoms with Gasteiger partial charge in [-0.25, -0.2) is 0 Å². The van der Waals surface area contributed by atoms with Crippen molar-refractivity contribution in [1.29, 1.82) is 0 Å². The van der Waals surface area contributed by atoms with E-state index in [1.165, 1.54) is 11.3 Å². The van der Waals surface area contributed by atoms with E-state index in [0.29, 0.717) is 24.6 Å². The molecule has 5 nitrogen and oxygen atoms in total. The number of benzene rings is 1. The van der Waals surface area contributed by atoms with Crippen LogP contribution in [-0.2, 0) is 11.2 Å². The Balaban J connectivity index is 1.67. The van der Waals surface area contributed by atoms with Gasteiger partial charge in [-0.3, -0.25) is 4.79 Å². The van der Waals surface area contributed by atoms with Crippen molar-refractivity contribution in [2.45, 2.75) is 33.1 Å². The van der Waals surface area contributed by atoms with Crippen molar-refractivity contribution in [2.75, 3.05) is 11.9 Å². The van der Waals surface area contributed by atoms with Crippen LogP contribution in [0.15, 0.2) is 24.3 Å². The van der Waals surface area contributed by atoms with Gasteiger partial charge in [-0.2, -0.15) is 0 Å². The van der Waals surface area contributed by atoms with Crippen molar-refractivity contribution in [1.82, 2.24) is 10.2 Å². The van der Waals surface area contributed by atoms with E-state index in [1.807, 2.05) is 38.1 Å². The average Bonchev–Trinajstić information content (AvgIpc) is 2.91. The molecule has 0 saturated heterocycles. The second kappa shape index (κ2) is 7.73. The Kier molecular flexibility index (Phi) is 5.68. The maximum atomic E-state index is 11.7. The summed E-state index contributed by atoms with van der Waals surface area (Å²) in [5.74, 6) is 0.786. The third kappa shape index (κ3) is 5.15. The Labute approximate surface area is 128 Å². The van der Waals surface area contributed by atoms with E-state index in [9.17, 15) is 4.79 Å². The number of amides is 1. The summed E-state index contributed by atoms with van der Waals surface area (Å²) in [4.78, 5) is 11.7. The summed E-state index contributed by atoms with van der Waals surface area (Å²) >= 11 is 1.41. The number of nitrogens with zero attached hydrogens (tertiary/aromatic N) is 2. The number of nitrogens with one attached hydrogen (secondary N) is 1. The number of hydrogen-bond donors (Lipinski definition) is 1. The summed E-state index contributed by atoms with van der Waals surface area (Å²) in [6, 6.07) is 7.87. The number of ether oxygens (including phenoxy) is 1. The quantitative estimate of drug-likeness (QED) is 0.798. The average molecular weight is 305 g/mol. The van der Waals surface area contributed by atoms with Crippen molar-refractivity contribution in [2.24, 2.45) is 0 Å². The molecule has 0 aliphatic heterocycles. The van der Waals surface area contributed by atoms with Crippen LogP contribution in [-0.4, -0.2) is 22.7 Å². The Morgan fingerprint density at radius 2 is 2.24 bits per heavy atom. The first kappa shape index (κ1) is 15.4.